The molecule has 142 valence electrons. The monoisotopic (exact) mass is 401 g/mol. The SMILES string of the molecule is C=C(C)c1sc(-c2c(NC(C)=O)sc3c2CCN(C(C)=O)C3)nc1C=CC. The summed E-state index contributed by atoms with van der Waals surface area (Å²) < 4.78 is 0. The normalized spacial score (nSPS) is 13.7. The van der Waals surface area contributed by atoms with Crippen LogP contribution >= 0.6 is 22.7 Å². The van der Waals surface area contributed by atoms with Crippen LogP contribution < -0.4 is 5.32 Å². The topological polar surface area (TPSA) is 62.3 Å². The average molecular weight is 402 g/mol. The number of nitrogens with one attached hydrogen (secondary N) is 1. The molecule has 5 nitrogen and oxygen atoms in total. The summed E-state index contributed by atoms with van der Waals surface area (Å²) >= 11 is 3.14. The van der Waals surface area contributed by atoms with Crippen LogP contribution in [0.5, 0.6) is 0 Å². The molecule has 0 aromatic carbocycles. The number of amides is 2. The van der Waals surface area contributed by atoms with Crippen molar-refractivity contribution in [2.75, 3.05) is 11.9 Å². The van der Waals surface area contributed by atoms with Gasteiger partial charge in [-0.05, 0) is 37.5 Å². The third-order valence-electron chi connectivity index (χ3n) is 4.37. The summed E-state index contributed by atoms with van der Waals surface area (Å²) in [7, 11) is 0. The van der Waals surface area contributed by atoms with Crippen LogP contribution in [0.25, 0.3) is 22.2 Å². The number of thiazole rings is 1. The standard InChI is InChI=1S/C20H23N3O2S2/c1-6-7-15-18(11(2)3)27-20(22-15)17-14-8-9-23(13(5)25)10-16(14)26-19(17)21-12(4)24/h6-7H,2,8-10H2,1,3-5H3,(H,21,24). The number of nitrogens with zero attached hydrogens (tertiary/aromatic N) is 2. The van der Waals surface area contributed by atoms with Crippen LogP contribution in [0, 0.1) is 0 Å². The highest BCUT2D eigenvalue weighted by atomic mass is 32.1. The van der Waals surface area contributed by atoms with Gasteiger partial charge >= 0.3 is 0 Å². The highest BCUT2D eigenvalue weighted by Crippen LogP contribution is 2.46. The van der Waals surface area contributed by atoms with Crippen LogP contribution in [0.2, 0.25) is 0 Å². The molecule has 2 aromatic heterocycles. The zero-order valence-electron chi connectivity index (χ0n) is 16.0. The quantitative estimate of drug-likeness (QED) is 0.800. The molecule has 0 aliphatic carbocycles. The minimum Gasteiger partial charge on any atom is -0.337 e. The lowest BCUT2D eigenvalue weighted by atomic mass is 10.0. The Labute approximate surface area is 167 Å². The molecule has 0 saturated heterocycles. The second-order valence-corrected chi connectivity index (χ2v) is 8.70. The van der Waals surface area contributed by atoms with Crippen molar-refractivity contribution in [3.8, 4) is 10.6 Å². The Balaban J connectivity index is 2.15. The number of hydrogen-bond donors (Lipinski definition) is 1. The zero-order valence-corrected chi connectivity index (χ0v) is 17.6. The van der Waals surface area contributed by atoms with Crippen molar-refractivity contribution in [2.45, 2.75) is 40.7 Å². The fourth-order valence-electron chi connectivity index (χ4n) is 3.16. The largest absolute Gasteiger partial charge is 0.337 e. The Morgan fingerprint density at radius 2 is 2.00 bits per heavy atom. The number of fused-ring (bicyclic) bond motifs is 1. The molecule has 0 spiro atoms. The van der Waals surface area contributed by atoms with Gasteiger partial charge in [0.05, 0.1) is 17.1 Å². The summed E-state index contributed by atoms with van der Waals surface area (Å²) in [6.07, 6.45) is 4.72. The first-order chi connectivity index (χ1) is 12.8. The molecule has 0 saturated carbocycles. The number of allylic oxidation sites excluding steroid dienone is 2. The van der Waals surface area contributed by atoms with Crippen molar-refractivity contribution in [1.29, 1.82) is 0 Å². The van der Waals surface area contributed by atoms with Gasteiger partial charge in [-0.3, -0.25) is 9.59 Å². The van der Waals surface area contributed by atoms with Gasteiger partial charge in [-0.2, -0.15) is 0 Å². The van der Waals surface area contributed by atoms with Gasteiger partial charge in [-0.1, -0.05) is 12.7 Å². The summed E-state index contributed by atoms with van der Waals surface area (Å²) in [5.74, 6) is -0.0329. The second-order valence-electron chi connectivity index (χ2n) is 6.59. The molecule has 0 unspecified atom stereocenters. The lowest BCUT2D eigenvalue weighted by Crippen LogP contribution is -2.33. The van der Waals surface area contributed by atoms with Crippen molar-refractivity contribution in [3.63, 3.8) is 0 Å². The molecule has 7 heteroatoms. The number of hydrogen-bond acceptors (Lipinski definition) is 5. The smallest absolute Gasteiger partial charge is 0.221 e. The van der Waals surface area contributed by atoms with Gasteiger partial charge in [0.25, 0.3) is 0 Å². The minimum atomic E-state index is -0.108. The Morgan fingerprint density at radius 3 is 2.59 bits per heavy atom. The number of aromatic nitrogens is 1. The summed E-state index contributed by atoms with van der Waals surface area (Å²) in [6, 6.07) is 0. The van der Waals surface area contributed by atoms with E-state index in [9.17, 15) is 9.59 Å². The predicted molar refractivity (Wildman–Crippen MR) is 114 cm³/mol. The van der Waals surface area contributed by atoms with E-state index in [1.807, 2.05) is 30.9 Å². The van der Waals surface area contributed by atoms with Crippen molar-refractivity contribution < 1.29 is 9.59 Å². The molecule has 0 radical (unpaired) electrons. The molecule has 1 aliphatic rings. The van der Waals surface area contributed by atoms with Gasteiger partial charge in [0.2, 0.25) is 11.8 Å². The summed E-state index contributed by atoms with van der Waals surface area (Å²) in [5, 5.41) is 4.67. The zero-order chi connectivity index (χ0) is 19.7. The van der Waals surface area contributed by atoms with E-state index in [0.29, 0.717) is 13.1 Å². The predicted octanol–water partition coefficient (Wildman–Crippen LogP) is 4.80. The maximum atomic E-state index is 11.8. The Hall–Kier alpha value is -2.25. The van der Waals surface area contributed by atoms with Crippen LogP contribution in [-0.2, 0) is 22.6 Å². The highest BCUT2D eigenvalue weighted by molar-refractivity contribution is 7.19. The maximum Gasteiger partial charge on any atom is 0.221 e. The molecule has 3 rings (SSSR count). The van der Waals surface area contributed by atoms with E-state index in [-0.39, 0.29) is 11.8 Å². The molecule has 2 amide bonds. The highest BCUT2D eigenvalue weighted by Gasteiger charge is 2.28. The number of rotatable bonds is 4. The third kappa shape index (κ3) is 3.89. The number of thiophene rings is 1. The first kappa shape index (κ1) is 19.5. The lowest BCUT2D eigenvalue weighted by molar-refractivity contribution is -0.129. The van der Waals surface area contributed by atoms with Crippen LogP contribution in [0.4, 0.5) is 5.00 Å². The van der Waals surface area contributed by atoms with E-state index < -0.39 is 0 Å². The van der Waals surface area contributed by atoms with E-state index in [2.05, 4.69) is 11.9 Å². The van der Waals surface area contributed by atoms with Gasteiger partial charge in [-0.15, -0.1) is 22.7 Å². The van der Waals surface area contributed by atoms with Gasteiger partial charge in [-0.25, -0.2) is 4.98 Å². The summed E-state index contributed by atoms with van der Waals surface area (Å²) in [5.41, 5.74) is 4.06. The molecule has 0 atom stereocenters. The van der Waals surface area contributed by atoms with Gasteiger partial charge in [0.1, 0.15) is 10.0 Å². The number of carbonyl (C=O) groups is 2. The van der Waals surface area contributed by atoms with Crippen LogP contribution in [0.3, 0.4) is 0 Å². The average Bonchev–Trinajstić information content (AvgIpc) is 3.14. The summed E-state index contributed by atoms with van der Waals surface area (Å²) in [6.45, 7) is 12.4. The maximum absolute atomic E-state index is 11.8. The van der Waals surface area contributed by atoms with E-state index in [1.54, 1.807) is 29.6 Å². The van der Waals surface area contributed by atoms with Crippen LogP contribution in [-0.4, -0.2) is 28.2 Å². The fraction of sp³-hybridized carbons (Fsp3) is 0.350. The Morgan fingerprint density at radius 1 is 1.26 bits per heavy atom. The molecule has 0 bridgehead atoms. The summed E-state index contributed by atoms with van der Waals surface area (Å²) in [4.78, 5) is 32.4. The van der Waals surface area contributed by atoms with Crippen molar-refractivity contribution in [2.24, 2.45) is 0 Å². The fourth-order valence-corrected chi connectivity index (χ4v) is 5.59. The lowest BCUT2D eigenvalue weighted by Gasteiger charge is -2.26. The van der Waals surface area contributed by atoms with E-state index in [4.69, 9.17) is 4.98 Å². The van der Waals surface area contributed by atoms with Gasteiger partial charge in [0, 0.05) is 30.8 Å². The Bertz CT molecular complexity index is 953. The van der Waals surface area contributed by atoms with E-state index in [0.717, 1.165) is 43.0 Å². The number of anilines is 1. The first-order valence-corrected chi connectivity index (χ1v) is 10.4. The van der Waals surface area contributed by atoms with E-state index in [1.165, 1.54) is 12.5 Å². The molecule has 0 fully saturated rings. The molecule has 3 heterocycles. The number of carbonyl (C=O) groups excluding carboxylic acids is 2. The first-order valence-electron chi connectivity index (χ1n) is 8.79. The molecule has 1 aliphatic heterocycles. The van der Waals surface area contributed by atoms with Crippen molar-refractivity contribution >= 4 is 51.1 Å². The van der Waals surface area contributed by atoms with Crippen molar-refractivity contribution in [3.05, 3.63) is 33.7 Å². The third-order valence-corrected chi connectivity index (χ3v) is 6.75. The van der Waals surface area contributed by atoms with Gasteiger partial charge < -0.3 is 10.2 Å². The van der Waals surface area contributed by atoms with Gasteiger partial charge in [0.15, 0.2) is 0 Å². The second kappa shape index (κ2) is 7.78. The molecule has 1 N–H and O–H groups in total. The molecular formula is C20H23N3O2S2. The van der Waals surface area contributed by atoms with Crippen molar-refractivity contribution in [1.82, 2.24) is 9.88 Å². The molecule has 2 aromatic rings. The minimum absolute atomic E-state index is 0.0749. The van der Waals surface area contributed by atoms with Crippen LogP contribution in [0.15, 0.2) is 12.7 Å². The van der Waals surface area contributed by atoms with Crippen LogP contribution in [0.1, 0.15) is 48.7 Å². The molecule has 27 heavy (non-hydrogen) atoms. The van der Waals surface area contributed by atoms with E-state index >= 15 is 0 Å². The Kier molecular flexibility index (Phi) is 5.62. The molecular weight excluding hydrogens is 378 g/mol.